The summed E-state index contributed by atoms with van der Waals surface area (Å²) in [5.74, 6) is -0.513. The minimum atomic E-state index is -1.58. The number of benzene rings is 1. The molecular weight excluding hydrogens is 332 g/mol. The fourth-order valence-corrected chi connectivity index (χ4v) is 4.88. The van der Waals surface area contributed by atoms with Crippen LogP contribution in [0.3, 0.4) is 0 Å². The Hall–Kier alpha value is -2.31. The van der Waals surface area contributed by atoms with E-state index in [4.69, 9.17) is 4.84 Å². The number of aromatic nitrogens is 1. The van der Waals surface area contributed by atoms with Crippen LogP contribution in [0.1, 0.15) is 55.6 Å². The number of ketones is 2. The van der Waals surface area contributed by atoms with Crippen molar-refractivity contribution in [3.63, 3.8) is 0 Å². The summed E-state index contributed by atoms with van der Waals surface area (Å²) in [5.41, 5.74) is 2.85. The van der Waals surface area contributed by atoms with Gasteiger partial charge in [0.05, 0.1) is 12.6 Å². The third-order valence-corrected chi connectivity index (χ3v) is 6.20. The normalized spacial score (nSPS) is 27.7. The van der Waals surface area contributed by atoms with Crippen molar-refractivity contribution in [2.24, 2.45) is 0 Å². The molecule has 0 fully saturated rings. The first-order chi connectivity index (χ1) is 12.4. The van der Waals surface area contributed by atoms with Gasteiger partial charge < -0.3 is 4.84 Å². The highest BCUT2D eigenvalue weighted by Gasteiger charge is 2.59. The second kappa shape index (κ2) is 5.59. The van der Waals surface area contributed by atoms with Crippen molar-refractivity contribution in [1.82, 2.24) is 10.0 Å². The average molecular weight is 354 g/mol. The van der Waals surface area contributed by atoms with E-state index in [1.165, 1.54) is 14.0 Å². The molecule has 2 aromatic rings. The van der Waals surface area contributed by atoms with Gasteiger partial charge in [0.15, 0.2) is 17.1 Å². The topological polar surface area (TPSA) is 77.4 Å². The van der Waals surface area contributed by atoms with E-state index in [2.05, 4.69) is 5.48 Å². The van der Waals surface area contributed by atoms with Gasteiger partial charge in [0.2, 0.25) is 5.91 Å². The molecule has 0 radical (unpaired) electrons. The fourth-order valence-electron chi connectivity index (χ4n) is 4.88. The van der Waals surface area contributed by atoms with E-state index >= 15 is 0 Å². The molecule has 0 saturated carbocycles. The largest absolute Gasteiger partial charge is 0.303 e. The van der Waals surface area contributed by atoms with E-state index in [9.17, 15) is 14.4 Å². The van der Waals surface area contributed by atoms with Crippen LogP contribution in [0.15, 0.2) is 24.3 Å². The van der Waals surface area contributed by atoms with Crippen molar-refractivity contribution in [1.29, 1.82) is 0 Å². The lowest BCUT2D eigenvalue weighted by Crippen LogP contribution is -2.60. The molecule has 0 bridgehead atoms. The Labute approximate surface area is 151 Å². The summed E-state index contributed by atoms with van der Waals surface area (Å²) in [6.07, 6.45) is 1.97. The number of Topliss-reactive ketones (excluding diaryl/α,β-unsaturated/α-hetero) is 2. The average Bonchev–Trinajstić information content (AvgIpc) is 2.98. The number of rotatable bonds is 4. The van der Waals surface area contributed by atoms with Gasteiger partial charge in [-0.3, -0.25) is 19.0 Å². The Bertz CT molecular complexity index is 960. The number of nitrogens with zero attached hydrogens (tertiary/aromatic N) is 1. The molecule has 1 aromatic carbocycles. The predicted octanol–water partition coefficient (Wildman–Crippen LogP) is 2.63. The summed E-state index contributed by atoms with van der Waals surface area (Å²) < 4.78 is 1.74. The van der Waals surface area contributed by atoms with E-state index in [1.807, 2.05) is 31.2 Å². The molecule has 2 heterocycles. The van der Waals surface area contributed by atoms with Crippen LogP contribution in [0.2, 0.25) is 0 Å². The van der Waals surface area contributed by atoms with Crippen molar-refractivity contribution in [2.75, 3.05) is 7.11 Å². The Morgan fingerprint density at radius 3 is 2.69 bits per heavy atom. The Kier molecular flexibility index (Phi) is 3.68. The predicted molar refractivity (Wildman–Crippen MR) is 95.9 cm³/mol. The Morgan fingerprint density at radius 2 is 2.04 bits per heavy atom. The summed E-state index contributed by atoms with van der Waals surface area (Å²) in [6.45, 7) is 3.44. The summed E-state index contributed by atoms with van der Waals surface area (Å²) in [5, 5.41) is 0.753. The maximum Gasteiger partial charge on any atom is 0.231 e. The van der Waals surface area contributed by atoms with Crippen LogP contribution in [-0.2, 0) is 25.4 Å². The fraction of sp³-hybridized carbons (Fsp3) is 0.450. The first-order valence-electron chi connectivity index (χ1n) is 8.95. The molecule has 0 unspecified atom stereocenters. The van der Waals surface area contributed by atoms with Crippen LogP contribution in [-0.4, -0.2) is 29.2 Å². The Balaban J connectivity index is 2.23. The van der Waals surface area contributed by atoms with Crippen LogP contribution in [0.25, 0.3) is 10.9 Å². The number of carbonyl (C=O) groups excluding carboxylic acids is 3. The number of hydroxylamine groups is 1. The highest BCUT2D eigenvalue weighted by Crippen LogP contribution is 2.53. The molecule has 26 heavy (non-hydrogen) atoms. The third-order valence-electron chi connectivity index (χ3n) is 6.20. The number of carbonyl (C=O) groups is 3. The van der Waals surface area contributed by atoms with Gasteiger partial charge in [-0.1, -0.05) is 25.1 Å². The van der Waals surface area contributed by atoms with E-state index in [0.29, 0.717) is 18.4 Å². The first-order valence-corrected chi connectivity index (χ1v) is 8.95. The van der Waals surface area contributed by atoms with E-state index in [-0.39, 0.29) is 23.9 Å². The molecule has 1 aliphatic carbocycles. The lowest BCUT2D eigenvalue weighted by molar-refractivity contribution is -0.146. The quantitative estimate of drug-likeness (QED) is 0.675. The van der Waals surface area contributed by atoms with Gasteiger partial charge in [-0.2, -0.15) is 5.48 Å². The molecule has 2 atom stereocenters. The maximum atomic E-state index is 13.3. The monoisotopic (exact) mass is 354 g/mol. The number of fused-ring (bicyclic) bond motifs is 3. The second-order valence-corrected chi connectivity index (χ2v) is 7.32. The van der Waals surface area contributed by atoms with Crippen LogP contribution in [0, 0.1) is 0 Å². The molecule has 4 rings (SSSR count). The standard InChI is InChI=1S/C20H22N2O4/c1-4-19-10-9-16(25)22-14-8-6-5-7-13(14)17(18(19)22)20(12(2)23,21-26-3)15(24)11-19/h5-8,21H,4,9-11H2,1-3H3/t19-,20-/m1/s1. The molecule has 1 N–H and O–H groups in total. The Morgan fingerprint density at radius 1 is 1.31 bits per heavy atom. The zero-order valence-corrected chi connectivity index (χ0v) is 15.2. The van der Waals surface area contributed by atoms with Crippen molar-refractivity contribution in [3.8, 4) is 0 Å². The molecule has 1 aliphatic heterocycles. The summed E-state index contributed by atoms with van der Waals surface area (Å²) in [6, 6.07) is 7.48. The highest BCUT2D eigenvalue weighted by atomic mass is 16.6. The van der Waals surface area contributed by atoms with Gasteiger partial charge in [0.1, 0.15) is 0 Å². The second-order valence-electron chi connectivity index (χ2n) is 7.32. The highest BCUT2D eigenvalue weighted by molar-refractivity contribution is 6.17. The summed E-state index contributed by atoms with van der Waals surface area (Å²) in [7, 11) is 1.40. The van der Waals surface area contributed by atoms with Crippen molar-refractivity contribution >= 4 is 28.4 Å². The first kappa shape index (κ1) is 17.1. The maximum absolute atomic E-state index is 13.3. The van der Waals surface area contributed by atoms with Crippen molar-refractivity contribution < 1.29 is 19.2 Å². The number of para-hydroxylation sites is 1. The van der Waals surface area contributed by atoms with Gasteiger partial charge >= 0.3 is 0 Å². The number of hydrogen-bond acceptors (Lipinski definition) is 5. The SMILES string of the molecule is CC[C@]12CCC(=O)n3c1c(c1ccccc13)[C@@](NOC)(C(C)=O)C(=O)C2. The molecule has 2 aliphatic rings. The van der Waals surface area contributed by atoms with Gasteiger partial charge in [0, 0.05) is 34.9 Å². The smallest absolute Gasteiger partial charge is 0.231 e. The minimum Gasteiger partial charge on any atom is -0.303 e. The molecule has 6 heteroatoms. The summed E-state index contributed by atoms with van der Waals surface area (Å²) >= 11 is 0. The molecule has 1 aromatic heterocycles. The summed E-state index contributed by atoms with van der Waals surface area (Å²) in [4.78, 5) is 44.1. The molecule has 136 valence electrons. The zero-order valence-electron chi connectivity index (χ0n) is 15.2. The molecule has 6 nitrogen and oxygen atoms in total. The van der Waals surface area contributed by atoms with Crippen LogP contribution in [0.5, 0.6) is 0 Å². The zero-order chi connectivity index (χ0) is 18.7. The van der Waals surface area contributed by atoms with E-state index in [1.54, 1.807) is 4.57 Å². The van der Waals surface area contributed by atoms with Gasteiger partial charge in [0.25, 0.3) is 0 Å². The number of hydrogen-bond donors (Lipinski definition) is 1. The van der Waals surface area contributed by atoms with Gasteiger partial charge in [-0.15, -0.1) is 0 Å². The number of nitrogens with one attached hydrogen (secondary N) is 1. The van der Waals surface area contributed by atoms with E-state index < -0.39 is 11.0 Å². The van der Waals surface area contributed by atoms with Crippen LogP contribution < -0.4 is 5.48 Å². The van der Waals surface area contributed by atoms with Crippen molar-refractivity contribution in [2.45, 2.75) is 50.5 Å². The lowest BCUT2D eigenvalue weighted by atomic mass is 9.61. The molecule has 0 spiro atoms. The van der Waals surface area contributed by atoms with Crippen molar-refractivity contribution in [3.05, 3.63) is 35.5 Å². The van der Waals surface area contributed by atoms with Crippen LogP contribution >= 0.6 is 0 Å². The van der Waals surface area contributed by atoms with E-state index in [0.717, 1.165) is 23.0 Å². The molecule has 0 amide bonds. The lowest BCUT2D eigenvalue weighted by Gasteiger charge is -2.46. The molecule has 0 saturated heterocycles. The minimum absolute atomic E-state index is 0.00995. The van der Waals surface area contributed by atoms with Gasteiger partial charge in [-0.25, -0.2) is 0 Å². The molecular formula is C20H22N2O4. The van der Waals surface area contributed by atoms with Gasteiger partial charge in [-0.05, 0) is 25.8 Å². The van der Waals surface area contributed by atoms with Crippen LogP contribution in [0.4, 0.5) is 0 Å². The third kappa shape index (κ3) is 1.86.